The van der Waals surface area contributed by atoms with E-state index in [2.05, 4.69) is 4.74 Å². The maximum atomic E-state index is 12.1. The van der Waals surface area contributed by atoms with E-state index >= 15 is 0 Å². The third-order valence-electron chi connectivity index (χ3n) is 2.59. The zero-order valence-corrected chi connectivity index (χ0v) is 9.18. The topological polar surface area (TPSA) is 29.5 Å². The van der Waals surface area contributed by atoms with Crippen LogP contribution >= 0.6 is 11.6 Å². The number of aliphatic hydroxyl groups is 1. The fraction of sp³-hybridized carbons (Fsp3) is 0.455. The van der Waals surface area contributed by atoms with Crippen molar-refractivity contribution in [2.75, 3.05) is 0 Å². The molecular weight excluding hydrogens is 238 g/mol. The van der Waals surface area contributed by atoms with E-state index in [0.29, 0.717) is 29.8 Å². The Balaban J connectivity index is 2.21. The third-order valence-corrected chi connectivity index (χ3v) is 2.82. The molecule has 1 aromatic carbocycles. The molecule has 1 aliphatic rings. The van der Waals surface area contributed by atoms with Gasteiger partial charge in [0.15, 0.2) is 0 Å². The summed E-state index contributed by atoms with van der Waals surface area (Å²) in [5.41, 5.74) is -0.238. The van der Waals surface area contributed by atoms with Crippen LogP contribution in [0.25, 0.3) is 0 Å². The molecule has 0 heterocycles. The summed E-state index contributed by atoms with van der Waals surface area (Å²) >= 11 is 5.78. The number of benzene rings is 1. The van der Waals surface area contributed by atoms with Gasteiger partial charge in [-0.05, 0) is 36.6 Å². The Morgan fingerprint density at radius 2 is 2.12 bits per heavy atom. The SMILES string of the molecule is OC1(Cc2cc(Cl)ccc2OC(F)F)CC1. The quantitative estimate of drug-likeness (QED) is 0.888. The molecule has 1 N–H and O–H groups in total. The molecular formula is C11H11ClF2O2. The van der Waals surface area contributed by atoms with Crippen LogP contribution in [-0.2, 0) is 6.42 Å². The van der Waals surface area contributed by atoms with Gasteiger partial charge in [-0.1, -0.05) is 11.6 Å². The van der Waals surface area contributed by atoms with Gasteiger partial charge in [-0.3, -0.25) is 0 Å². The Labute approximate surface area is 96.8 Å². The van der Waals surface area contributed by atoms with Gasteiger partial charge < -0.3 is 9.84 Å². The van der Waals surface area contributed by atoms with Gasteiger partial charge in [0.2, 0.25) is 0 Å². The minimum absolute atomic E-state index is 0.0831. The monoisotopic (exact) mass is 248 g/mol. The average Bonchev–Trinajstić information content (AvgIpc) is 2.88. The summed E-state index contributed by atoms with van der Waals surface area (Å²) in [7, 11) is 0. The van der Waals surface area contributed by atoms with Crippen LogP contribution in [0.3, 0.4) is 0 Å². The number of rotatable bonds is 4. The minimum atomic E-state index is -2.87. The Kier molecular flexibility index (Phi) is 3.04. The second kappa shape index (κ2) is 4.18. The van der Waals surface area contributed by atoms with Crippen molar-refractivity contribution in [3.63, 3.8) is 0 Å². The van der Waals surface area contributed by atoms with Gasteiger partial charge in [0.05, 0.1) is 5.60 Å². The van der Waals surface area contributed by atoms with Crippen LogP contribution in [0.1, 0.15) is 18.4 Å². The summed E-state index contributed by atoms with van der Waals surface area (Å²) in [5, 5.41) is 10.2. The maximum Gasteiger partial charge on any atom is 0.387 e. The minimum Gasteiger partial charge on any atom is -0.435 e. The molecule has 0 atom stereocenters. The van der Waals surface area contributed by atoms with Crippen LogP contribution in [0.2, 0.25) is 5.02 Å². The van der Waals surface area contributed by atoms with E-state index in [4.69, 9.17) is 11.6 Å². The fourth-order valence-electron chi connectivity index (χ4n) is 1.57. The first-order valence-electron chi connectivity index (χ1n) is 4.94. The summed E-state index contributed by atoms with van der Waals surface area (Å²) in [4.78, 5) is 0. The molecule has 1 aromatic rings. The molecule has 0 unspecified atom stereocenters. The predicted molar refractivity (Wildman–Crippen MR) is 56.0 cm³/mol. The van der Waals surface area contributed by atoms with E-state index in [1.54, 1.807) is 6.07 Å². The molecule has 1 saturated carbocycles. The van der Waals surface area contributed by atoms with Crippen LogP contribution in [0.5, 0.6) is 5.75 Å². The molecule has 0 aromatic heterocycles. The zero-order valence-electron chi connectivity index (χ0n) is 8.42. The van der Waals surface area contributed by atoms with Crippen molar-refractivity contribution in [2.24, 2.45) is 0 Å². The van der Waals surface area contributed by atoms with Gasteiger partial charge >= 0.3 is 6.61 Å². The van der Waals surface area contributed by atoms with Crippen molar-refractivity contribution < 1.29 is 18.6 Å². The maximum absolute atomic E-state index is 12.1. The van der Waals surface area contributed by atoms with Gasteiger partial charge in [-0.25, -0.2) is 0 Å². The average molecular weight is 249 g/mol. The number of halogens is 3. The predicted octanol–water partition coefficient (Wildman–Crippen LogP) is 3.01. The van der Waals surface area contributed by atoms with Crippen molar-refractivity contribution in [3.05, 3.63) is 28.8 Å². The van der Waals surface area contributed by atoms with Crippen molar-refractivity contribution in [3.8, 4) is 5.75 Å². The molecule has 1 aliphatic carbocycles. The first-order valence-corrected chi connectivity index (χ1v) is 5.32. The van der Waals surface area contributed by atoms with Crippen LogP contribution < -0.4 is 4.74 Å². The normalized spacial score (nSPS) is 17.6. The lowest BCUT2D eigenvalue weighted by Gasteiger charge is -2.13. The van der Waals surface area contributed by atoms with Crippen molar-refractivity contribution in [1.29, 1.82) is 0 Å². The van der Waals surface area contributed by atoms with E-state index in [9.17, 15) is 13.9 Å². The van der Waals surface area contributed by atoms with Crippen LogP contribution in [-0.4, -0.2) is 17.3 Å². The third kappa shape index (κ3) is 2.83. The van der Waals surface area contributed by atoms with Gasteiger partial charge in [0.25, 0.3) is 0 Å². The van der Waals surface area contributed by atoms with Crippen LogP contribution in [0.4, 0.5) is 8.78 Å². The number of alkyl halides is 2. The largest absolute Gasteiger partial charge is 0.435 e. The van der Waals surface area contributed by atoms with Gasteiger partial charge in [0.1, 0.15) is 5.75 Å². The molecule has 0 bridgehead atoms. The van der Waals surface area contributed by atoms with E-state index in [1.165, 1.54) is 12.1 Å². The summed E-state index contributed by atoms with van der Waals surface area (Å²) < 4.78 is 28.6. The molecule has 16 heavy (non-hydrogen) atoms. The summed E-state index contributed by atoms with van der Waals surface area (Å²) in [6.45, 7) is -2.87. The Bertz CT molecular complexity index is 392. The van der Waals surface area contributed by atoms with E-state index in [-0.39, 0.29) is 5.75 Å². The van der Waals surface area contributed by atoms with Gasteiger partial charge in [-0.2, -0.15) is 8.78 Å². The lowest BCUT2D eigenvalue weighted by Crippen LogP contribution is -2.13. The molecule has 0 aliphatic heterocycles. The lowest BCUT2D eigenvalue weighted by molar-refractivity contribution is -0.0508. The molecule has 5 heteroatoms. The fourth-order valence-corrected chi connectivity index (χ4v) is 1.77. The van der Waals surface area contributed by atoms with E-state index in [1.807, 2.05) is 0 Å². The molecule has 0 saturated heterocycles. The zero-order chi connectivity index (χ0) is 11.8. The molecule has 0 amide bonds. The second-order valence-electron chi connectivity index (χ2n) is 4.03. The molecule has 0 spiro atoms. The first-order chi connectivity index (χ1) is 7.48. The number of hydrogen-bond donors (Lipinski definition) is 1. The van der Waals surface area contributed by atoms with Crippen molar-refractivity contribution in [1.82, 2.24) is 0 Å². The highest BCUT2D eigenvalue weighted by atomic mass is 35.5. The van der Waals surface area contributed by atoms with Gasteiger partial charge in [-0.15, -0.1) is 0 Å². The molecule has 2 nitrogen and oxygen atoms in total. The Hall–Kier alpha value is -0.870. The first kappa shape index (κ1) is 11.6. The molecule has 1 fully saturated rings. The van der Waals surface area contributed by atoms with E-state index in [0.717, 1.165) is 0 Å². The lowest BCUT2D eigenvalue weighted by atomic mass is 10.1. The summed E-state index contributed by atoms with van der Waals surface area (Å²) in [6, 6.07) is 4.44. The highest BCUT2D eigenvalue weighted by Gasteiger charge is 2.40. The standard InChI is InChI=1S/C11H11ClF2O2/c12-8-1-2-9(16-10(13)14)7(5-8)6-11(15)3-4-11/h1-2,5,10,15H,3-4,6H2. The number of ether oxygens (including phenoxy) is 1. The Morgan fingerprint density at radius 1 is 1.44 bits per heavy atom. The molecule has 0 radical (unpaired) electrons. The smallest absolute Gasteiger partial charge is 0.387 e. The summed E-state index contributed by atoms with van der Waals surface area (Å²) in [5.74, 6) is 0.0831. The highest BCUT2D eigenvalue weighted by molar-refractivity contribution is 6.30. The summed E-state index contributed by atoms with van der Waals surface area (Å²) in [6.07, 6.45) is 1.68. The van der Waals surface area contributed by atoms with Crippen LogP contribution in [0, 0.1) is 0 Å². The second-order valence-corrected chi connectivity index (χ2v) is 4.47. The highest BCUT2D eigenvalue weighted by Crippen LogP contribution is 2.40. The van der Waals surface area contributed by atoms with Crippen molar-refractivity contribution >= 4 is 11.6 Å². The van der Waals surface area contributed by atoms with Gasteiger partial charge in [0, 0.05) is 11.4 Å². The van der Waals surface area contributed by atoms with E-state index < -0.39 is 12.2 Å². The van der Waals surface area contributed by atoms with Crippen LogP contribution in [0.15, 0.2) is 18.2 Å². The number of hydrogen-bond acceptors (Lipinski definition) is 2. The Morgan fingerprint density at radius 3 is 2.69 bits per heavy atom. The van der Waals surface area contributed by atoms with Crippen molar-refractivity contribution in [2.45, 2.75) is 31.5 Å². The molecule has 88 valence electrons. The molecule has 2 rings (SSSR count).